The molecular formula is C30H41FN4O7. The third-order valence-corrected chi connectivity index (χ3v) is 10.4. The highest BCUT2D eigenvalue weighted by Gasteiger charge is 2.75. The van der Waals surface area contributed by atoms with E-state index in [1.165, 1.54) is 6.92 Å². The number of hydrogen-bond donors (Lipinski definition) is 6. The van der Waals surface area contributed by atoms with Crippen molar-refractivity contribution < 1.29 is 38.9 Å². The molecule has 230 valence electrons. The number of ketones is 1. The number of allylic oxidation sites excluding steroid dienone is 4. The number of nitrogens with zero attached hydrogens (tertiary/aromatic N) is 1. The monoisotopic (exact) mass is 588 g/mol. The first kappa shape index (κ1) is 31.7. The third-order valence-electron chi connectivity index (χ3n) is 10.4. The lowest BCUT2D eigenvalue weighted by atomic mass is 9.44. The van der Waals surface area contributed by atoms with Crippen molar-refractivity contribution in [1.82, 2.24) is 16.1 Å². The van der Waals surface area contributed by atoms with Crippen molar-refractivity contribution in [3.05, 3.63) is 36.0 Å². The number of Topliss-reactive ketones (excluding diaryl/α,β-unsaturated/α-hetero) is 1. The van der Waals surface area contributed by atoms with Gasteiger partial charge in [-0.05, 0) is 63.5 Å². The molecule has 4 unspecified atom stereocenters. The van der Waals surface area contributed by atoms with E-state index in [0.29, 0.717) is 30.5 Å². The molecule has 0 aromatic heterocycles. The average Bonchev–Trinajstić information content (AvgIpc) is 3.15. The summed E-state index contributed by atoms with van der Waals surface area (Å²) in [5, 5.41) is 41.4. The summed E-state index contributed by atoms with van der Waals surface area (Å²) in [5.74, 6) is -3.86. The molecule has 0 bridgehead atoms. The number of aliphatic hydroxyl groups excluding tert-OH is 2. The van der Waals surface area contributed by atoms with E-state index in [9.17, 15) is 34.5 Å². The molecule has 12 heteroatoms. The minimum Gasteiger partial charge on any atom is -0.390 e. The summed E-state index contributed by atoms with van der Waals surface area (Å²) in [4.78, 5) is 48.3. The summed E-state index contributed by atoms with van der Waals surface area (Å²) in [5.41, 5.74) is -2.55. The van der Waals surface area contributed by atoms with E-state index in [-0.39, 0.29) is 31.0 Å². The fourth-order valence-electron chi connectivity index (χ4n) is 8.06. The predicted molar refractivity (Wildman–Crippen MR) is 151 cm³/mol. The van der Waals surface area contributed by atoms with E-state index < -0.39 is 70.2 Å². The van der Waals surface area contributed by atoms with Crippen molar-refractivity contribution in [1.29, 1.82) is 0 Å². The molecule has 0 spiro atoms. The largest absolute Gasteiger partial charge is 0.390 e. The second-order valence-corrected chi connectivity index (χ2v) is 12.7. The van der Waals surface area contributed by atoms with Crippen LogP contribution in [-0.2, 0) is 19.2 Å². The van der Waals surface area contributed by atoms with Crippen molar-refractivity contribution in [3.8, 4) is 0 Å². The summed E-state index contributed by atoms with van der Waals surface area (Å²) in [7, 11) is 0. The lowest BCUT2D eigenvalue weighted by molar-refractivity contribution is -0.219. The SMILES string of the molecule is C=C(C)C(=O)NCC(=O)NCC(=O)N/N=C1/C=CC2(C)C(=C1)CCC1[C@@H]3C[C@@H](C)[C@](O)(C(=O)CO)C3(C)CC(O)[C@@]12F. The predicted octanol–water partition coefficient (Wildman–Crippen LogP) is 0.607. The van der Waals surface area contributed by atoms with Gasteiger partial charge in [-0.3, -0.25) is 19.2 Å². The number of rotatable bonds is 8. The minimum atomic E-state index is -2.08. The Morgan fingerprint density at radius 1 is 1.14 bits per heavy atom. The lowest BCUT2D eigenvalue weighted by Gasteiger charge is -2.62. The van der Waals surface area contributed by atoms with Crippen LogP contribution in [0.2, 0.25) is 0 Å². The first-order chi connectivity index (χ1) is 19.6. The van der Waals surface area contributed by atoms with Crippen LogP contribution >= 0.6 is 0 Å². The maximum atomic E-state index is 17.4. The number of fused-ring (bicyclic) bond motifs is 5. The average molecular weight is 589 g/mol. The van der Waals surface area contributed by atoms with E-state index in [4.69, 9.17) is 0 Å². The topological polar surface area (TPSA) is 177 Å². The Morgan fingerprint density at radius 3 is 2.45 bits per heavy atom. The highest BCUT2D eigenvalue weighted by molar-refractivity contribution is 6.06. The summed E-state index contributed by atoms with van der Waals surface area (Å²) < 4.78 is 17.4. The van der Waals surface area contributed by atoms with Gasteiger partial charge in [-0.2, -0.15) is 5.10 Å². The van der Waals surface area contributed by atoms with Gasteiger partial charge >= 0.3 is 0 Å². The quantitative estimate of drug-likeness (QED) is 0.178. The molecular weight excluding hydrogens is 547 g/mol. The van der Waals surface area contributed by atoms with Crippen molar-refractivity contribution >= 4 is 29.2 Å². The first-order valence-electron chi connectivity index (χ1n) is 14.3. The van der Waals surface area contributed by atoms with Crippen LogP contribution in [-0.4, -0.2) is 81.6 Å². The molecule has 8 atom stereocenters. The summed E-state index contributed by atoms with van der Waals surface area (Å²) in [6.45, 7) is 8.67. The Hall–Kier alpha value is -3.22. The normalized spacial score (nSPS) is 39.3. The number of carbonyl (C=O) groups excluding carboxylic acids is 4. The molecule has 0 aromatic rings. The van der Waals surface area contributed by atoms with Crippen LogP contribution in [0.4, 0.5) is 4.39 Å². The molecule has 3 fully saturated rings. The Balaban J connectivity index is 1.46. The molecule has 4 rings (SSSR count). The van der Waals surface area contributed by atoms with Crippen LogP contribution in [0.1, 0.15) is 53.4 Å². The number of carbonyl (C=O) groups is 4. The van der Waals surface area contributed by atoms with E-state index >= 15 is 4.39 Å². The van der Waals surface area contributed by atoms with Gasteiger partial charge in [0.25, 0.3) is 5.91 Å². The number of aliphatic hydroxyl groups is 3. The van der Waals surface area contributed by atoms with Crippen LogP contribution in [0.3, 0.4) is 0 Å². The standard InChI is InChI=1S/C30H41FN4O7/c1-16(2)26(41)33-13-24(39)32-14-25(40)35-34-19-8-9-27(4)18(11-19)6-7-20-21-10-17(3)30(42,23(38)15-36)28(21,5)12-22(37)29(20,27)31/h8-9,11,17,20-22,36-37,42H,1,6-7,10,12-15H2,2-5H3,(H,32,39)(H,33,41)(H,35,40)/b34-19-/t17-,20?,21+,22?,27?,28?,29+,30+/m1/s1. The van der Waals surface area contributed by atoms with Crippen molar-refractivity contribution in [3.63, 3.8) is 0 Å². The van der Waals surface area contributed by atoms with E-state index in [2.05, 4.69) is 27.7 Å². The van der Waals surface area contributed by atoms with Crippen molar-refractivity contribution in [2.24, 2.45) is 33.7 Å². The maximum Gasteiger partial charge on any atom is 0.259 e. The fourth-order valence-corrected chi connectivity index (χ4v) is 8.06. The van der Waals surface area contributed by atoms with Crippen molar-refractivity contribution in [2.45, 2.75) is 70.8 Å². The molecule has 0 saturated heterocycles. The summed E-state index contributed by atoms with van der Waals surface area (Å²) in [6.07, 6.45) is 4.57. The molecule has 0 aliphatic heterocycles. The van der Waals surface area contributed by atoms with Crippen molar-refractivity contribution in [2.75, 3.05) is 19.7 Å². The second kappa shape index (κ2) is 11.1. The number of hydrazone groups is 1. The highest BCUT2D eigenvalue weighted by atomic mass is 19.1. The number of amides is 3. The molecule has 3 saturated carbocycles. The van der Waals surface area contributed by atoms with Crippen LogP contribution < -0.4 is 16.1 Å². The summed E-state index contributed by atoms with van der Waals surface area (Å²) in [6, 6.07) is 0. The van der Waals surface area contributed by atoms with E-state index in [1.54, 1.807) is 39.0 Å². The molecule has 42 heavy (non-hydrogen) atoms. The fraction of sp³-hybridized carbons (Fsp3) is 0.633. The van der Waals surface area contributed by atoms with Gasteiger partial charge in [0.2, 0.25) is 11.8 Å². The lowest BCUT2D eigenvalue weighted by Crippen LogP contribution is -2.69. The number of nitrogens with one attached hydrogen (secondary N) is 3. The van der Waals surface area contributed by atoms with Gasteiger partial charge in [-0.1, -0.05) is 32.1 Å². The van der Waals surface area contributed by atoms with Gasteiger partial charge in [0.15, 0.2) is 11.5 Å². The zero-order valence-electron chi connectivity index (χ0n) is 24.5. The second-order valence-electron chi connectivity index (χ2n) is 12.7. The minimum absolute atomic E-state index is 0.131. The van der Waals surface area contributed by atoms with E-state index in [0.717, 1.165) is 0 Å². The zero-order valence-corrected chi connectivity index (χ0v) is 24.5. The highest BCUT2D eigenvalue weighted by Crippen LogP contribution is 2.70. The Bertz CT molecular complexity index is 1300. The molecule has 11 nitrogen and oxygen atoms in total. The molecule has 0 aromatic carbocycles. The maximum absolute atomic E-state index is 17.4. The molecule has 0 radical (unpaired) electrons. The Kier molecular flexibility index (Phi) is 8.40. The molecule has 4 aliphatic carbocycles. The zero-order chi connectivity index (χ0) is 31.3. The summed E-state index contributed by atoms with van der Waals surface area (Å²) >= 11 is 0. The van der Waals surface area contributed by atoms with Crippen LogP contribution in [0.25, 0.3) is 0 Å². The molecule has 4 aliphatic rings. The van der Waals surface area contributed by atoms with Gasteiger partial charge in [0.05, 0.1) is 24.9 Å². The smallest absolute Gasteiger partial charge is 0.259 e. The Labute approximate surface area is 244 Å². The van der Waals surface area contributed by atoms with Gasteiger partial charge in [-0.25, -0.2) is 9.82 Å². The van der Waals surface area contributed by atoms with Crippen LogP contribution in [0.15, 0.2) is 41.1 Å². The third kappa shape index (κ3) is 4.73. The molecule has 6 N–H and O–H groups in total. The Morgan fingerprint density at radius 2 is 1.81 bits per heavy atom. The number of halogens is 1. The van der Waals surface area contributed by atoms with E-state index in [1.807, 2.05) is 0 Å². The van der Waals surface area contributed by atoms with Gasteiger partial charge in [-0.15, -0.1) is 0 Å². The molecule has 0 heterocycles. The number of alkyl halides is 1. The van der Waals surface area contributed by atoms with Crippen LogP contribution in [0, 0.1) is 28.6 Å². The van der Waals surface area contributed by atoms with Gasteiger partial charge < -0.3 is 26.0 Å². The number of hydrogen-bond acceptors (Lipinski definition) is 8. The van der Waals surface area contributed by atoms with Gasteiger partial charge in [0.1, 0.15) is 12.2 Å². The molecule has 3 amide bonds. The van der Waals surface area contributed by atoms with Crippen LogP contribution in [0.5, 0.6) is 0 Å². The van der Waals surface area contributed by atoms with Gasteiger partial charge in [0, 0.05) is 22.3 Å². The first-order valence-corrected chi connectivity index (χ1v) is 14.3.